The van der Waals surface area contributed by atoms with Crippen LogP contribution in [0.25, 0.3) is 0 Å². The number of guanidine groups is 1. The summed E-state index contributed by atoms with van der Waals surface area (Å²) in [5.74, 6) is 2.92. The maximum Gasteiger partial charge on any atom is 0.191 e. The van der Waals surface area contributed by atoms with Gasteiger partial charge in [0.05, 0.1) is 12.6 Å². The van der Waals surface area contributed by atoms with Crippen LogP contribution < -0.4 is 15.4 Å². The maximum absolute atomic E-state index is 5.78. The molecule has 1 aliphatic heterocycles. The predicted molar refractivity (Wildman–Crippen MR) is 97.4 cm³/mol. The summed E-state index contributed by atoms with van der Waals surface area (Å²) in [4.78, 5) is 4.99. The number of rotatable bonds is 5. The Hall–Kier alpha value is -1.71. The highest BCUT2D eigenvalue weighted by Gasteiger charge is 2.48. The van der Waals surface area contributed by atoms with E-state index in [0.717, 1.165) is 43.7 Å². The van der Waals surface area contributed by atoms with Gasteiger partial charge in [-0.25, -0.2) is 0 Å². The number of nitrogens with zero attached hydrogens (tertiary/aromatic N) is 1. The lowest BCUT2D eigenvalue weighted by molar-refractivity contribution is 0.113. The van der Waals surface area contributed by atoms with Crippen molar-refractivity contribution in [1.29, 1.82) is 0 Å². The molecule has 2 saturated carbocycles. The fraction of sp³-hybridized carbons (Fsp3) is 0.650. The topological polar surface area (TPSA) is 45.7 Å². The van der Waals surface area contributed by atoms with Crippen molar-refractivity contribution < 1.29 is 4.74 Å². The Bertz CT molecular complexity index is 605. The van der Waals surface area contributed by atoms with Crippen molar-refractivity contribution in [2.45, 2.75) is 51.5 Å². The van der Waals surface area contributed by atoms with Crippen LogP contribution in [0.3, 0.4) is 0 Å². The zero-order valence-corrected chi connectivity index (χ0v) is 14.7. The van der Waals surface area contributed by atoms with Crippen molar-refractivity contribution in [3.63, 3.8) is 0 Å². The molecular formula is C20H29N3O. The number of para-hydroxylation sites is 1. The molecule has 1 aromatic rings. The smallest absolute Gasteiger partial charge is 0.191 e. The van der Waals surface area contributed by atoms with Gasteiger partial charge in [0.25, 0.3) is 0 Å². The Balaban J connectivity index is 1.47. The monoisotopic (exact) mass is 327 g/mol. The van der Waals surface area contributed by atoms with E-state index in [4.69, 9.17) is 9.73 Å². The number of fused-ring (bicyclic) bond motifs is 1. The van der Waals surface area contributed by atoms with Crippen LogP contribution in [0.1, 0.15) is 57.1 Å². The molecule has 2 fully saturated rings. The standard InChI is InChI=1S/C20H29N3O/c1-2-21-19(22-14-20(11-5-12-20)15-8-9-15)23-17-10-13-24-18-7-4-3-6-16(17)18/h3-4,6-7,15,17H,2,5,8-14H2,1H3,(H2,21,22,23). The van der Waals surface area contributed by atoms with Crippen molar-refractivity contribution in [1.82, 2.24) is 10.6 Å². The minimum atomic E-state index is 0.283. The molecule has 2 N–H and O–H groups in total. The van der Waals surface area contributed by atoms with Crippen LogP contribution in [-0.4, -0.2) is 25.7 Å². The molecule has 0 radical (unpaired) electrons. The molecule has 0 aromatic heterocycles. The van der Waals surface area contributed by atoms with Crippen LogP contribution >= 0.6 is 0 Å². The number of hydrogen-bond donors (Lipinski definition) is 2. The molecule has 2 aliphatic carbocycles. The van der Waals surface area contributed by atoms with Crippen molar-refractivity contribution in [2.24, 2.45) is 16.3 Å². The van der Waals surface area contributed by atoms with Gasteiger partial charge >= 0.3 is 0 Å². The maximum atomic E-state index is 5.78. The third-order valence-electron chi connectivity index (χ3n) is 5.96. The summed E-state index contributed by atoms with van der Waals surface area (Å²) < 4.78 is 5.78. The number of benzene rings is 1. The summed E-state index contributed by atoms with van der Waals surface area (Å²) in [6, 6.07) is 8.63. The first-order chi connectivity index (χ1) is 11.8. The normalized spacial score (nSPS) is 25.2. The van der Waals surface area contributed by atoms with E-state index in [-0.39, 0.29) is 6.04 Å². The molecule has 24 heavy (non-hydrogen) atoms. The minimum Gasteiger partial charge on any atom is -0.493 e. The van der Waals surface area contributed by atoms with Gasteiger partial charge in [0, 0.05) is 25.1 Å². The molecule has 1 unspecified atom stereocenters. The molecule has 130 valence electrons. The van der Waals surface area contributed by atoms with Gasteiger partial charge in [0.2, 0.25) is 0 Å². The molecule has 1 aromatic carbocycles. The van der Waals surface area contributed by atoms with Crippen LogP contribution in [0.15, 0.2) is 29.3 Å². The largest absolute Gasteiger partial charge is 0.493 e. The molecule has 4 rings (SSSR count). The van der Waals surface area contributed by atoms with Crippen molar-refractivity contribution >= 4 is 5.96 Å². The molecule has 0 bridgehead atoms. The molecule has 1 heterocycles. The van der Waals surface area contributed by atoms with Gasteiger partial charge in [0.1, 0.15) is 5.75 Å². The summed E-state index contributed by atoms with van der Waals surface area (Å²) in [5, 5.41) is 7.09. The summed E-state index contributed by atoms with van der Waals surface area (Å²) in [7, 11) is 0. The summed E-state index contributed by atoms with van der Waals surface area (Å²) in [6.07, 6.45) is 7.97. The Morgan fingerprint density at radius 2 is 2.08 bits per heavy atom. The summed E-state index contributed by atoms with van der Waals surface area (Å²) >= 11 is 0. The van der Waals surface area contributed by atoms with Crippen LogP contribution in [0.2, 0.25) is 0 Å². The fourth-order valence-corrected chi connectivity index (χ4v) is 4.24. The van der Waals surface area contributed by atoms with Gasteiger partial charge in [-0.2, -0.15) is 0 Å². The molecule has 0 amide bonds. The molecule has 0 saturated heterocycles. The molecular weight excluding hydrogens is 298 g/mol. The van der Waals surface area contributed by atoms with E-state index in [1.54, 1.807) is 0 Å². The third-order valence-corrected chi connectivity index (χ3v) is 5.96. The van der Waals surface area contributed by atoms with Crippen LogP contribution in [-0.2, 0) is 0 Å². The second-order valence-electron chi connectivity index (χ2n) is 7.56. The Labute approximate surface area is 145 Å². The molecule has 4 heteroatoms. The first-order valence-corrected chi connectivity index (χ1v) is 9.57. The minimum absolute atomic E-state index is 0.283. The lowest BCUT2D eigenvalue weighted by Crippen LogP contribution is -2.43. The molecule has 4 nitrogen and oxygen atoms in total. The number of ether oxygens (including phenoxy) is 1. The molecule has 0 spiro atoms. The summed E-state index contributed by atoms with van der Waals surface area (Å²) in [5.41, 5.74) is 1.77. The second-order valence-corrected chi connectivity index (χ2v) is 7.56. The predicted octanol–water partition coefficient (Wildman–Crippen LogP) is 3.65. The zero-order chi connectivity index (χ0) is 16.4. The van der Waals surface area contributed by atoms with E-state index in [9.17, 15) is 0 Å². The van der Waals surface area contributed by atoms with E-state index < -0.39 is 0 Å². The Morgan fingerprint density at radius 3 is 2.79 bits per heavy atom. The van der Waals surface area contributed by atoms with Gasteiger partial charge in [-0.05, 0) is 50.0 Å². The second kappa shape index (κ2) is 6.66. The van der Waals surface area contributed by atoms with Crippen molar-refractivity contribution in [3.8, 4) is 5.75 Å². The van der Waals surface area contributed by atoms with Crippen LogP contribution in [0, 0.1) is 11.3 Å². The third kappa shape index (κ3) is 3.11. The highest BCUT2D eigenvalue weighted by Crippen LogP contribution is 2.57. The Kier molecular flexibility index (Phi) is 4.38. The quantitative estimate of drug-likeness (QED) is 0.641. The van der Waals surface area contributed by atoms with Gasteiger partial charge < -0.3 is 15.4 Å². The van der Waals surface area contributed by atoms with E-state index in [0.29, 0.717) is 5.41 Å². The van der Waals surface area contributed by atoms with E-state index in [1.165, 1.54) is 37.7 Å². The van der Waals surface area contributed by atoms with Gasteiger partial charge in [-0.3, -0.25) is 4.99 Å². The van der Waals surface area contributed by atoms with E-state index in [2.05, 4.69) is 35.8 Å². The number of aliphatic imine (C=N–C) groups is 1. The lowest BCUT2D eigenvalue weighted by atomic mass is 9.65. The first-order valence-electron chi connectivity index (χ1n) is 9.57. The van der Waals surface area contributed by atoms with Gasteiger partial charge in [0.15, 0.2) is 5.96 Å². The molecule has 1 atom stereocenters. The average Bonchev–Trinajstić information content (AvgIpc) is 3.40. The van der Waals surface area contributed by atoms with Gasteiger partial charge in [-0.1, -0.05) is 24.6 Å². The fourth-order valence-electron chi connectivity index (χ4n) is 4.24. The van der Waals surface area contributed by atoms with Crippen molar-refractivity contribution in [2.75, 3.05) is 19.7 Å². The molecule has 3 aliphatic rings. The Morgan fingerprint density at radius 1 is 1.25 bits per heavy atom. The van der Waals surface area contributed by atoms with E-state index >= 15 is 0 Å². The van der Waals surface area contributed by atoms with Crippen LogP contribution in [0.5, 0.6) is 5.75 Å². The van der Waals surface area contributed by atoms with Gasteiger partial charge in [-0.15, -0.1) is 0 Å². The van der Waals surface area contributed by atoms with E-state index in [1.807, 2.05) is 6.07 Å². The first kappa shape index (κ1) is 15.8. The number of hydrogen-bond acceptors (Lipinski definition) is 2. The SMILES string of the molecule is CCNC(=NCC1(C2CC2)CCC1)NC1CCOc2ccccc21. The average molecular weight is 327 g/mol. The zero-order valence-electron chi connectivity index (χ0n) is 14.7. The van der Waals surface area contributed by atoms with Crippen molar-refractivity contribution in [3.05, 3.63) is 29.8 Å². The lowest BCUT2D eigenvalue weighted by Gasteiger charge is -2.41. The van der Waals surface area contributed by atoms with Crippen LogP contribution in [0.4, 0.5) is 0 Å². The highest BCUT2D eigenvalue weighted by molar-refractivity contribution is 5.80. The highest BCUT2D eigenvalue weighted by atomic mass is 16.5. The summed E-state index contributed by atoms with van der Waals surface area (Å²) in [6.45, 7) is 4.78. The number of nitrogens with one attached hydrogen (secondary N) is 2.